The molecular weight excluding hydrogens is 272 g/mol. The van der Waals surface area contributed by atoms with E-state index in [4.69, 9.17) is 0 Å². The molecule has 2 aromatic rings. The predicted octanol–water partition coefficient (Wildman–Crippen LogP) is 3.94. The average Bonchev–Trinajstić information content (AvgIpc) is 2.74. The molecule has 0 bridgehead atoms. The molecule has 0 saturated carbocycles. The molecule has 0 aliphatic rings. The second-order valence-corrected chi connectivity index (χ2v) is 6.24. The van der Waals surface area contributed by atoms with E-state index in [-0.39, 0.29) is 11.6 Å². The van der Waals surface area contributed by atoms with Crippen molar-refractivity contribution in [2.45, 2.75) is 33.7 Å². The number of anilines is 1. The summed E-state index contributed by atoms with van der Waals surface area (Å²) >= 11 is 1.70. The van der Waals surface area contributed by atoms with Gasteiger partial charge in [0.25, 0.3) is 0 Å². The smallest absolute Gasteiger partial charge is 0.339 e. The second kappa shape index (κ2) is 5.63. The Kier molecular flexibility index (Phi) is 4.09. The zero-order valence-corrected chi connectivity index (χ0v) is 12.8. The number of nitrogens with zero attached hydrogens (tertiary/aromatic N) is 1. The van der Waals surface area contributed by atoms with E-state index in [0.29, 0.717) is 5.82 Å². The summed E-state index contributed by atoms with van der Waals surface area (Å²) in [6.45, 7) is 7.72. The Bertz CT molecular complexity index is 649. The summed E-state index contributed by atoms with van der Waals surface area (Å²) < 4.78 is 0. The van der Waals surface area contributed by atoms with E-state index < -0.39 is 5.97 Å². The van der Waals surface area contributed by atoms with Crippen LogP contribution in [0.1, 0.15) is 44.3 Å². The van der Waals surface area contributed by atoms with Crippen LogP contribution in [0.4, 0.5) is 5.82 Å². The third-order valence-electron chi connectivity index (χ3n) is 3.10. The van der Waals surface area contributed by atoms with Crippen molar-refractivity contribution >= 4 is 23.1 Å². The molecule has 2 rings (SSSR count). The van der Waals surface area contributed by atoms with Crippen molar-refractivity contribution in [2.75, 3.05) is 5.32 Å². The molecule has 2 heterocycles. The number of carbonyl (C=O) groups is 1. The van der Waals surface area contributed by atoms with Crippen LogP contribution in [0, 0.1) is 20.8 Å². The fraction of sp³-hybridized carbons (Fsp3) is 0.333. The van der Waals surface area contributed by atoms with E-state index in [9.17, 15) is 9.90 Å². The van der Waals surface area contributed by atoms with Gasteiger partial charge < -0.3 is 10.4 Å². The number of thiophene rings is 1. The first kappa shape index (κ1) is 14.5. The van der Waals surface area contributed by atoms with Crippen molar-refractivity contribution < 1.29 is 9.90 Å². The van der Waals surface area contributed by atoms with Crippen LogP contribution in [0.2, 0.25) is 0 Å². The van der Waals surface area contributed by atoms with Gasteiger partial charge in [0.15, 0.2) is 0 Å². The number of pyridine rings is 1. The SMILES string of the molecule is Cc1cc(C)c(C(=O)O)c(NC(C)c2ccc(C)s2)n1. The molecule has 0 saturated heterocycles. The van der Waals surface area contributed by atoms with Gasteiger partial charge in [0.1, 0.15) is 11.4 Å². The van der Waals surface area contributed by atoms with Crippen LogP contribution >= 0.6 is 11.3 Å². The maximum atomic E-state index is 11.4. The molecule has 1 atom stereocenters. The van der Waals surface area contributed by atoms with Crippen LogP contribution in [-0.2, 0) is 0 Å². The number of hydrogen-bond donors (Lipinski definition) is 2. The maximum absolute atomic E-state index is 11.4. The number of hydrogen-bond acceptors (Lipinski definition) is 4. The first-order chi connectivity index (χ1) is 9.38. The lowest BCUT2D eigenvalue weighted by molar-refractivity contribution is 0.0697. The average molecular weight is 290 g/mol. The predicted molar refractivity (Wildman–Crippen MR) is 81.8 cm³/mol. The van der Waals surface area contributed by atoms with E-state index in [1.165, 1.54) is 9.75 Å². The Labute approximate surface area is 122 Å². The zero-order chi connectivity index (χ0) is 14.9. The molecule has 0 aliphatic carbocycles. The highest BCUT2D eigenvalue weighted by Gasteiger charge is 2.18. The highest BCUT2D eigenvalue weighted by atomic mass is 32.1. The van der Waals surface area contributed by atoms with Crippen LogP contribution in [0.5, 0.6) is 0 Å². The van der Waals surface area contributed by atoms with Gasteiger partial charge in [-0.3, -0.25) is 0 Å². The van der Waals surface area contributed by atoms with Crippen molar-refractivity contribution in [3.63, 3.8) is 0 Å². The fourth-order valence-electron chi connectivity index (χ4n) is 2.17. The Balaban J connectivity index is 2.35. The highest BCUT2D eigenvalue weighted by molar-refractivity contribution is 7.12. The number of rotatable bonds is 4. The van der Waals surface area contributed by atoms with Crippen LogP contribution < -0.4 is 5.32 Å². The number of carboxylic acids is 1. The standard InChI is InChI=1S/C15H18N2O2S/c1-8-7-9(2)16-14(13(8)15(18)19)17-11(4)12-6-5-10(3)20-12/h5-7,11H,1-4H3,(H,16,17)(H,18,19). The second-order valence-electron chi connectivity index (χ2n) is 4.92. The van der Waals surface area contributed by atoms with Gasteiger partial charge >= 0.3 is 5.97 Å². The molecule has 20 heavy (non-hydrogen) atoms. The molecule has 2 aromatic heterocycles. The van der Waals surface area contributed by atoms with Gasteiger partial charge in [0, 0.05) is 15.4 Å². The van der Waals surface area contributed by atoms with Gasteiger partial charge in [-0.2, -0.15) is 0 Å². The van der Waals surface area contributed by atoms with Gasteiger partial charge in [0.05, 0.1) is 6.04 Å². The first-order valence-electron chi connectivity index (χ1n) is 6.43. The van der Waals surface area contributed by atoms with Gasteiger partial charge in [-0.1, -0.05) is 0 Å². The van der Waals surface area contributed by atoms with Crippen molar-refractivity contribution in [3.05, 3.63) is 44.8 Å². The summed E-state index contributed by atoms with van der Waals surface area (Å²) in [5.74, 6) is -0.513. The molecule has 0 fully saturated rings. The molecule has 106 valence electrons. The molecule has 4 nitrogen and oxygen atoms in total. The number of carboxylic acid groups (broad SMARTS) is 1. The van der Waals surface area contributed by atoms with E-state index >= 15 is 0 Å². The summed E-state index contributed by atoms with van der Waals surface area (Å²) in [6, 6.07) is 5.93. The Morgan fingerprint density at radius 3 is 2.60 bits per heavy atom. The molecular formula is C15H18N2O2S. The quantitative estimate of drug-likeness (QED) is 0.895. The monoisotopic (exact) mass is 290 g/mol. The Morgan fingerprint density at radius 1 is 1.35 bits per heavy atom. The van der Waals surface area contributed by atoms with E-state index in [2.05, 4.69) is 29.4 Å². The summed E-state index contributed by atoms with van der Waals surface area (Å²) in [6.07, 6.45) is 0. The fourth-order valence-corrected chi connectivity index (χ4v) is 3.05. The van der Waals surface area contributed by atoms with Gasteiger partial charge in [-0.05, 0) is 51.5 Å². The minimum absolute atomic E-state index is 0.0282. The minimum atomic E-state index is -0.952. The van der Waals surface area contributed by atoms with Crippen molar-refractivity contribution in [2.24, 2.45) is 0 Å². The molecule has 0 amide bonds. The summed E-state index contributed by atoms with van der Waals surface area (Å²) in [7, 11) is 0. The number of nitrogens with one attached hydrogen (secondary N) is 1. The van der Waals surface area contributed by atoms with Gasteiger partial charge in [-0.15, -0.1) is 11.3 Å². The van der Waals surface area contributed by atoms with Gasteiger partial charge in [-0.25, -0.2) is 9.78 Å². The molecule has 0 spiro atoms. The largest absolute Gasteiger partial charge is 0.478 e. The summed E-state index contributed by atoms with van der Waals surface area (Å²) in [5.41, 5.74) is 1.78. The highest BCUT2D eigenvalue weighted by Crippen LogP contribution is 2.27. The lowest BCUT2D eigenvalue weighted by Gasteiger charge is -2.16. The molecule has 0 aromatic carbocycles. The normalized spacial score (nSPS) is 12.2. The minimum Gasteiger partial charge on any atom is -0.478 e. The molecule has 0 radical (unpaired) electrons. The Hall–Kier alpha value is -1.88. The van der Waals surface area contributed by atoms with E-state index in [1.54, 1.807) is 24.3 Å². The van der Waals surface area contributed by atoms with Gasteiger partial charge in [0.2, 0.25) is 0 Å². The maximum Gasteiger partial charge on any atom is 0.339 e. The third-order valence-corrected chi connectivity index (χ3v) is 4.28. The molecule has 0 aliphatic heterocycles. The van der Waals surface area contributed by atoms with E-state index in [1.807, 2.05) is 13.8 Å². The summed E-state index contributed by atoms with van der Waals surface area (Å²) in [5, 5.41) is 12.6. The lowest BCUT2D eigenvalue weighted by Crippen LogP contribution is -2.13. The van der Waals surface area contributed by atoms with Crippen molar-refractivity contribution in [1.29, 1.82) is 0 Å². The van der Waals surface area contributed by atoms with Crippen molar-refractivity contribution in [1.82, 2.24) is 4.98 Å². The number of aryl methyl sites for hydroxylation is 3. The van der Waals surface area contributed by atoms with E-state index in [0.717, 1.165) is 11.3 Å². The van der Waals surface area contributed by atoms with Crippen LogP contribution in [0.3, 0.4) is 0 Å². The topological polar surface area (TPSA) is 62.2 Å². The van der Waals surface area contributed by atoms with Crippen LogP contribution in [-0.4, -0.2) is 16.1 Å². The lowest BCUT2D eigenvalue weighted by atomic mass is 10.1. The van der Waals surface area contributed by atoms with Crippen LogP contribution in [0.25, 0.3) is 0 Å². The summed E-state index contributed by atoms with van der Waals surface area (Å²) in [4.78, 5) is 18.1. The zero-order valence-electron chi connectivity index (χ0n) is 12.0. The van der Waals surface area contributed by atoms with Crippen LogP contribution in [0.15, 0.2) is 18.2 Å². The molecule has 2 N–H and O–H groups in total. The number of aromatic carboxylic acids is 1. The number of aromatic nitrogens is 1. The van der Waals surface area contributed by atoms with Crippen molar-refractivity contribution in [3.8, 4) is 0 Å². The first-order valence-corrected chi connectivity index (χ1v) is 7.24. The Morgan fingerprint density at radius 2 is 2.05 bits per heavy atom. The molecule has 5 heteroatoms. The third kappa shape index (κ3) is 2.99. The molecule has 1 unspecified atom stereocenters.